The Morgan fingerprint density at radius 2 is 2.13 bits per heavy atom. The van der Waals surface area contributed by atoms with Crippen LogP contribution in [-0.2, 0) is 6.54 Å². The second kappa shape index (κ2) is 5.52. The average Bonchev–Trinajstić information content (AvgIpc) is 3.25. The molecule has 0 saturated heterocycles. The lowest BCUT2D eigenvalue weighted by Crippen LogP contribution is -2.20. The molecule has 23 heavy (non-hydrogen) atoms. The summed E-state index contributed by atoms with van der Waals surface area (Å²) in [6.07, 6.45) is 5.73. The lowest BCUT2D eigenvalue weighted by atomic mass is 10.3. The van der Waals surface area contributed by atoms with Gasteiger partial charge in [0, 0.05) is 13.1 Å². The van der Waals surface area contributed by atoms with Crippen LogP contribution in [-0.4, -0.2) is 42.0 Å². The highest BCUT2D eigenvalue weighted by atomic mass is 16.1. The second-order valence-corrected chi connectivity index (χ2v) is 5.11. The van der Waals surface area contributed by atoms with E-state index >= 15 is 0 Å². The Bertz CT molecular complexity index is 838. The van der Waals surface area contributed by atoms with Crippen molar-refractivity contribution in [3.8, 4) is 5.82 Å². The smallest absolute Gasteiger partial charge is 0.274 e. The molecule has 4 heterocycles. The molecule has 9 nitrogen and oxygen atoms in total. The number of rotatable bonds is 3. The Morgan fingerprint density at radius 1 is 1.26 bits per heavy atom. The van der Waals surface area contributed by atoms with E-state index in [4.69, 9.17) is 0 Å². The summed E-state index contributed by atoms with van der Waals surface area (Å²) in [5.41, 5.74) is 0.971. The number of aromatic nitrogens is 6. The van der Waals surface area contributed by atoms with E-state index < -0.39 is 0 Å². The first-order chi connectivity index (χ1) is 11.3. The number of nitrogens with zero attached hydrogens (tertiary/aromatic N) is 6. The van der Waals surface area contributed by atoms with Crippen LogP contribution in [0.25, 0.3) is 5.82 Å². The summed E-state index contributed by atoms with van der Waals surface area (Å²) in [7, 11) is 0. The van der Waals surface area contributed by atoms with Gasteiger partial charge in [0.25, 0.3) is 5.91 Å². The maximum Gasteiger partial charge on any atom is 0.274 e. The largest absolute Gasteiger partial charge is 0.368 e. The highest BCUT2D eigenvalue weighted by molar-refractivity contribution is 6.04. The van der Waals surface area contributed by atoms with Crippen LogP contribution < -0.4 is 10.6 Å². The maximum absolute atomic E-state index is 12.4. The summed E-state index contributed by atoms with van der Waals surface area (Å²) >= 11 is 0. The number of anilines is 2. The molecule has 116 valence electrons. The van der Waals surface area contributed by atoms with Crippen molar-refractivity contribution in [1.29, 1.82) is 0 Å². The Kier molecular flexibility index (Phi) is 3.22. The molecule has 0 spiro atoms. The van der Waals surface area contributed by atoms with Crippen LogP contribution in [0.5, 0.6) is 0 Å². The van der Waals surface area contributed by atoms with Crippen LogP contribution in [0.4, 0.5) is 11.5 Å². The van der Waals surface area contributed by atoms with Crippen LogP contribution in [0.2, 0.25) is 0 Å². The first-order valence-corrected chi connectivity index (χ1v) is 7.24. The van der Waals surface area contributed by atoms with Gasteiger partial charge in [0.15, 0.2) is 0 Å². The monoisotopic (exact) mass is 310 g/mol. The molecule has 0 aromatic carbocycles. The molecule has 0 saturated carbocycles. The molecular formula is C14H14N8O. The number of hydrogen-bond donors (Lipinski definition) is 2. The number of fused-ring (bicyclic) bond motifs is 1. The van der Waals surface area contributed by atoms with Crippen molar-refractivity contribution in [2.24, 2.45) is 0 Å². The number of nitrogens with one attached hydrogen (secondary N) is 2. The van der Waals surface area contributed by atoms with Crippen LogP contribution in [0.3, 0.4) is 0 Å². The minimum absolute atomic E-state index is 0.289. The zero-order chi connectivity index (χ0) is 15.6. The Hall–Kier alpha value is -3.23. The number of aryl methyl sites for hydroxylation is 1. The summed E-state index contributed by atoms with van der Waals surface area (Å²) in [6.45, 7) is 1.72. The van der Waals surface area contributed by atoms with Gasteiger partial charge in [-0.05, 0) is 18.6 Å². The summed E-state index contributed by atoms with van der Waals surface area (Å²) in [5.74, 6) is 1.13. The zero-order valence-electron chi connectivity index (χ0n) is 12.2. The fourth-order valence-electron chi connectivity index (χ4n) is 2.47. The van der Waals surface area contributed by atoms with E-state index in [1.54, 1.807) is 29.0 Å². The lowest BCUT2D eigenvalue weighted by molar-refractivity contribution is 0.102. The number of hydrogen-bond acceptors (Lipinski definition) is 6. The van der Waals surface area contributed by atoms with Gasteiger partial charge < -0.3 is 10.6 Å². The van der Waals surface area contributed by atoms with Gasteiger partial charge in [0.2, 0.25) is 0 Å². The molecule has 3 aromatic heterocycles. The zero-order valence-corrected chi connectivity index (χ0v) is 12.2. The normalized spacial score (nSPS) is 13.2. The van der Waals surface area contributed by atoms with Crippen LogP contribution in [0, 0.1) is 0 Å². The van der Waals surface area contributed by atoms with Gasteiger partial charge in [-0.15, -0.1) is 10.2 Å². The molecular weight excluding hydrogens is 296 g/mol. The second-order valence-electron chi connectivity index (χ2n) is 5.11. The predicted molar refractivity (Wildman–Crippen MR) is 82.4 cm³/mol. The van der Waals surface area contributed by atoms with Crippen LogP contribution >= 0.6 is 0 Å². The molecule has 4 rings (SSSR count). The van der Waals surface area contributed by atoms with Crippen molar-refractivity contribution in [2.75, 3.05) is 17.2 Å². The highest BCUT2D eigenvalue weighted by Crippen LogP contribution is 2.24. The van der Waals surface area contributed by atoms with Crippen molar-refractivity contribution in [3.05, 3.63) is 42.7 Å². The summed E-state index contributed by atoms with van der Waals surface area (Å²) in [6, 6.07) is 5.21. The molecule has 0 unspecified atom stereocenters. The van der Waals surface area contributed by atoms with Gasteiger partial charge in [-0.1, -0.05) is 6.07 Å². The summed E-state index contributed by atoms with van der Waals surface area (Å²) in [5, 5.41) is 17.8. The molecule has 1 amide bonds. The third-order valence-electron chi connectivity index (χ3n) is 3.58. The molecule has 0 fully saturated rings. The summed E-state index contributed by atoms with van der Waals surface area (Å²) in [4.78, 5) is 16.8. The van der Waals surface area contributed by atoms with Crippen molar-refractivity contribution in [3.63, 3.8) is 0 Å². The van der Waals surface area contributed by atoms with E-state index in [9.17, 15) is 4.79 Å². The van der Waals surface area contributed by atoms with Crippen molar-refractivity contribution >= 4 is 17.4 Å². The van der Waals surface area contributed by atoms with Crippen LogP contribution in [0.1, 0.15) is 16.9 Å². The van der Waals surface area contributed by atoms with E-state index in [1.165, 1.54) is 12.7 Å². The quantitative estimate of drug-likeness (QED) is 0.746. The molecule has 0 bridgehead atoms. The number of pyridine rings is 1. The number of amides is 1. The van der Waals surface area contributed by atoms with Gasteiger partial charge in [0.05, 0.1) is 6.20 Å². The van der Waals surface area contributed by atoms with Crippen molar-refractivity contribution in [1.82, 2.24) is 29.5 Å². The molecule has 1 aliphatic rings. The van der Waals surface area contributed by atoms with Gasteiger partial charge in [-0.25, -0.2) is 9.67 Å². The predicted octanol–water partition coefficient (Wildman–Crippen LogP) is 0.927. The molecule has 1 aliphatic heterocycles. The van der Waals surface area contributed by atoms with E-state index in [2.05, 4.69) is 30.9 Å². The minimum Gasteiger partial charge on any atom is -0.368 e. The van der Waals surface area contributed by atoms with Crippen molar-refractivity contribution < 1.29 is 4.79 Å². The van der Waals surface area contributed by atoms with Gasteiger partial charge in [-0.3, -0.25) is 9.36 Å². The van der Waals surface area contributed by atoms with Crippen molar-refractivity contribution in [2.45, 2.75) is 13.0 Å². The first kappa shape index (κ1) is 13.4. The fourth-order valence-corrected chi connectivity index (χ4v) is 2.47. The summed E-state index contributed by atoms with van der Waals surface area (Å²) < 4.78 is 3.49. The molecule has 0 aliphatic carbocycles. The molecule has 0 radical (unpaired) electrons. The SMILES string of the molecule is O=C(Nc1cnn2c1NCCC2)c1cccc(-n2cnnc2)n1. The minimum atomic E-state index is -0.289. The van der Waals surface area contributed by atoms with E-state index in [0.29, 0.717) is 17.2 Å². The van der Waals surface area contributed by atoms with Crippen LogP contribution in [0.15, 0.2) is 37.1 Å². The lowest BCUT2D eigenvalue weighted by Gasteiger charge is -2.17. The Labute approximate surface area is 131 Å². The average molecular weight is 310 g/mol. The van der Waals surface area contributed by atoms with E-state index in [1.807, 2.05) is 4.68 Å². The molecule has 0 atom stereocenters. The Morgan fingerprint density at radius 3 is 3.00 bits per heavy atom. The topological polar surface area (TPSA) is 103 Å². The van der Waals surface area contributed by atoms with E-state index in [-0.39, 0.29) is 5.91 Å². The molecule has 9 heteroatoms. The number of carbonyl (C=O) groups is 1. The van der Waals surface area contributed by atoms with Gasteiger partial charge in [0.1, 0.15) is 35.7 Å². The molecule has 3 aromatic rings. The fraction of sp³-hybridized carbons (Fsp3) is 0.214. The maximum atomic E-state index is 12.4. The van der Waals surface area contributed by atoms with E-state index in [0.717, 1.165) is 25.3 Å². The number of carbonyl (C=O) groups excluding carboxylic acids is 1. The Balaban J connectivity index is 1.58. The van der Waals surface area contributed by atoms with Gasteiger partial charge in [-0.2, -0.15) is 5.10 Å². The third-order valence-corrected chi connectivity index (χ3v) is 3.58. The van der Waals surface area contributed by atoms with Gasteiger partial charge >= 0.3 is 0 Å². The standard InChI is InChI=1S/C14H14N8O/c23-14(20-11-7-18-22-6-2-5-15-13(11)22)10-3-1-4-12(19-10)21-8-16-17-9-21/h1,3-4,7-9,15H,2,5-6H2,(H,20,23). The highest BCUT2D eigenvalue weighted by Gasteiger charge is 2.17. The molecule has 2 N–H and O–H groups in total. The third kappa shape index (κ3) is 2.52. The first-order valence-electron chi connectivity index (χ1n) is 7.24.